The van der Waals surface area contributed by atoms with Gasteiger partial charge in [0.25, 0.3) is 5.91 Å². The number of pyridine rings is 1. The minimum Gasteiger partial charge on any atom is -0.374 e. The Kier molecular flexibility index (Phi) is 4.85. The number of morpholine rings is 1. The van der Waals surface area contributed by atoms with Gasteiger partial charge in [0, 0.05) is 24.2 Å². The fraction of sp³-hybridized carbons (Fsp3) is 0.611. The predicted octanol–water partition coefficient (Wildman–Crippen LogP) is 1.53. The first-order valence-corrected chi connectivity index (χ1v) is 8.62. The Labute approximate surface area is 142 Å². The largest absolute Gasteiger partial charge is 0.374 e. The number of rotatable bonds is 3. The van der Waals surface area contributed by atoms with E-state index in [-0.39, 0.29) is 35.9 Å². The number of carbonyl (C=O) groups excluding carboxylic acids is 2. The van der Waals surface area contributed by atoms with E-state index in [0.717, 1.165) is 5.69 Å². The second-order valence-corrected chi connectivity index (χ2v) is 6.97. The lowest BCUT2D eigenvalue weighted by molar-refractivity contribution is -0.125. The van der Waals surface area contributed by atoms with Crippen molar-refractivity contribution in [3.05, 3.63) is 29.6 Å². The number of amides is 2. The van der Waals surface area contributed by atoms with E-state index in [0.29, 0.717) is 31.7 Å². The molecule has 6 heteroatoms. The number of nitrogens with zero attached hydrogens (tertiary/aromatic N) is 2. The molecule has 2 fully saturated rings. The van der Waals surface area contributed by atoms with E-state index >= 15 is 0 Å². The highest BCUT2D eigenvalue weighted by Gasteiger charge is 2.45. The number of fused-ring (bicyclic) bond motifs is 1. The van der Waals surface area contributed by atoms with Crippen LogP contribution in [-0.2, 0) is 9.53 Å². The highest BCUT2D eigenvalue weighted by molar-refractivity contribution is 5.92. The van der Waals surface area contributed by atoms with Gasteiger partial charge >= 0.3 is 0 Å². The van der Waals surface area contributed by atoms with Gasteiger partial charge in [-0.25, -0.2) is 4.98 Å². The van der Waals surface area contributed by atoms with E-state index in [2.05, 4.69) is 10.3 Å². The van der Waals surface area contributed by atoms with Gasteiger partial charge < -0.3 is 15.0 Å². The normalized spacial score (nSPS) is 26.3. The Balaban J connectivity index is 1.74. The maximum absolute atomic E-state index is 12.9. The summed E-state index contributed by atoms with van der Waals surface area (Å²) in [6.07, 6.45) is 1.27. The summed E-state index contributed by atoms with van der Waals surface area (Å²) in [4.78, 5) is 31.4. The molecule has 0 radical (unpaired) electrons. The van der Waals surface area contributed by atoms with E-state index < -0.39 is 0 Å². The molecule has 1 N–H and O–H groups in total. The molecule has 2 heterocycles. The van der Waals surface area contributed by atoms with Crippen molar-refractivity contribution in [2.24, 2.45) is 5.92 Å². The summed E-state index contributed by atoms with van der Waals surface area (Å²) >= 11 is 0. The fourth-order valence-corrected chi connectivity index (χ4v) is 3.63. The van der Waals surface area contributed by atoms with E-state index in [1.165, 1.54) is 0 Å². The zero-order valence-corrected chi connectivity index (χ0v) is 14.5. The molecule has 1 saturated carbocycles. The van der Waals surface area contributed by atoms with E-state index in [4.69, 9.17) is 4.74 Å². The van der Waals surface area contributed by atoms with Crippen molar-refractivity contribution in [2.45, 2.75) is 51.8 Å². The third kappa shape index (κ3) is 3.43. The van der Waals surface area contributed by atoms with Crippen molar-refractivity contribution >= 4 is 11.8 Å². The van der Waals surface area contributed by atoms with Gasteiger partial charge in [-0.2, -0.15) is 0 Å². The number of aryl methyl sites for hydroxylation is 1. The molecule has 0 bridgehead atoms. The standard InChI is InChI=1S/C18H25N3O3/c1-11(2)19-17(22)13-9-15-16(10-13)24-8-7-21(15)18(23)14-6-4-5-12(3)20-14/h4-6,11,13,15-16H,7-10H2,1-3H3,(H,19,22)/t13-,15+,16+/m0/s1. The molecule has 1 aliphatic heterocycles. The fourth-order valence-electron chi connectivity index (χ4n) is 3.63. The summed E-state index contributed by atoms with van der Waals surface area (Å²) in [5.74, 6) is -0.104. The second kappa shape index (κ2) is 6.89. The van der Waals surface area contributed by atoms with Crippen LogP contribution < -0.4 is 5.32 Å². The Morgan fingerprint density at radius 1 is 1.33 bits per heavy atom. The Bertz CT molecular complexity index is 632. The maximum Gasteiger partial charge on any atom is 0.272 e. The average Bonchev–Trinajstić information content (AvgIpc) is 2.97. The highest BCUT2D eigenvalue weighted by Crippen LogP contribution is 2.35. The first-order valence-electron chi connectivity index (χ1n) is 8.62. The maximum atomic E-state index is 12.9. The van der Waals surface area contributed by atoms with Crippen molar-refractivity contribution in [3.63, 3.8) is 0 Å². The minimum absolute atomic E-state index is 0.0449. The monoisotopic (exact) mass is 331 g/mol. The number of carbonyl (C=O) groups is 2. The average molecular weight is 331 g/mol. The van der Waals surface area contributed by atoms with Gasteiger partial charge in [-0.15, -0.1) is 0 Å². The molecule has 1 saturated heterocycles. The lowest BCUT2D eigenvalue weighted by Crippen LogP contribution is -2.51. The molecule has 24 heavy (non-hydrogen) atoms. The number of aromatic nitrogens is 1. The van der Waals surface area contributed by atoms with Gasteiger partial charge in [-0.05, 0) is 45.7 Å². The quantitative estimate of drug-likeness (QED) is 0.912. The highest BCUT2D eigenvalue weighted by atomic mass is 16.5. The van der Waals surface area contributed by atoms with Gasteiger partial charge in [-0.3, -0.25) is 9.59 Å². The minimum atomic E-state index is -0.0960. The van der Waals surface area contributed by atoms with Crippen LogP contribution in [-0.4, -0.2) is 53.0 Å². The third-order valence-corrected chi connectivity index (χ3v) is 4.71. The van der Waals surface area contributed by atoms with Gasteiger partial charge in [0.1, 0.15) is 5.69 Å². The van der Waals surface area contributed by atoms with Gasteiger partial charge in [0.15, 0.2) is 0 Å². The molecular weight excluding hydrogens is 306 g/mol. The van der Waals surface area contributed by atoms with Crippen LogP contribution in [0.3, 0.4) is 0 Å². The smallest absolute Gasteiger partial charge is 0.272 e. The van der Waals surface area contributed by atoms with Crippen molar-refractivity contribution < 1.29 is 14.3 Å². The molecule has 2 amide bonds. The zero-order chi connectivity index (χ0) is 17.3. The lowest BCUT2D eigenvalue weighted by Gasteiger charge is -2.37. The molecule has 0 spiro atoms. The zero-order valence-electron chi connectivity index (χ0n) is 14.5. The summed E-state index contributed by atoms with van der Waals surface area (Å²) < 4.78 is 5.83. The topological polar surface area (TPSA) is 71.5 Å². The first-order chi connectivity index (χ1) is 11.5. The lowest BCUT2D eigenvalue weighted by atomic mass is 10.1. The van der Waals surface area contributed by atoms with Crippen molar-refractivity contribution in [1.82, 2.24) is 15.2 Å². The summed E-state index contributed by atoms with van der Waals surface area (Å²) in [6, 6.07) is 5.55. The van der Waals surface area contributed by atoms with E-state index in [9.17, 15) is 9.59 Å². The molecular formula is C18H25N3O3. The van der Waals surface area contributed by atoms with Crippen LogP contribution in [0.25, 0.3) is 0 Å². The summed E-state index contributed by atoms with van der Waals surface area (Å²) in [6.45, 7) is 6.84. The van der Waals surface area contributed by atoms with Crippen molar-refractivity contribution in [1.29, 1.82) is 0 Å². The van der Waals surface area contributed by atoms with Gasteiger partial charge in [0.05, 0.1) is 18.8 Å². The van der Waals surface area contributed by atoms with Crippen LogP contribution >= 0.6 is 0 Å². The Hall–Kier alpha value is -1.95. The van der Waals surface area contributed by atoms with Crippen LogP contribution in [0, 0.1) is 12.8 Å². The predicted molar refractivity (Wildman–Crippen MR) is 89.5 cm³/mol. The van der Waals surface area contributed by atoms with E-state index in [1.807, 2.05) is 37.8 Å². The van der Waals surface area contributed by atoms with Crippen molar-refractivity contribution in [2.75, 3.05) is 13.2 Å². The Morgan fingerprint density at radius 2 is 2.12 bits per heavy atom. The number of ether oxygens (including phenoxy) is 1. The third-order valence-electron chi connectivity index (χ3n) is 4.71. The molecule has 130 valence electrons. The number of hydrogen-bond acceptors (Lipinski definition) is 4. The van der Waals surface area contributed by atoms with Gasteiger partial charge in [0.2, 0.25) is 5.91 Å². The molecule has 0 aromatic carbocycles. The molecule has 1 aromatic rings. The summed E-state index contributed by atoms with van der Waals surface area (Å²) in [7, 11) is 0. The van der Waals surface area contributed by atoms with Crippen LogP contribution in [0.2, 0.25) is 0 Å². The molecule has 0 unspecified atom stereocenters. The SMILES string of the molecule is Cc1cccc(C(=O)N2CCO[C@@H]3C[C@@H](C(=O)NC(C)C)C[C@H]32)n1. The number of hydrogen-bond donors (Lipinski definition) is 1. The van der Waals surface area contributed by atoms with Crippen LogP contribution in [0.1, 0.15) is 42.9 Å². The molecule has 1 aliphatic carbocycles. The second-order valence-electron chi connectivity index (χ2n) is 6.97. The molecule has 6 nitrogen and oxygen atoms in total. The van der Waals surface area contributed by atoms with Gasteiger partial charge in [-0.1, -0.05) is 6.07 Å². The molecule has 2 aliphatic rings. The van der Waals surface area contributed by atoms with Crippen LogP contribution in [0.5, 0.6) is 0 Å². The Morgan fingerprint density at radius 3 is 2.83 bits per heavy atom. The molecule has 3 atom stereocenters. The van der Waals surface area contributed by atoms with Crippen LogP contribution in [0.4, 0.5) is 0 Å². The van der Waals surface area contributed by atoms with Crippen LogP contribution in [0.15, 0.2) is 18.2 Å². The van der Waals surface area contributed by atoms with E-state index in [1.54, 1.807) is 6.07 Å². The van der Waals surface area contributed by atoms with Crippen molar-refractivity contribution in [3.8, 4) is 0 Å². The summed E-state index contributed by atoms with van der Waals surface area (Å²) in [5, 5.41) is 2.97. The first kappa shape index (κ1) is 16.9. The number of nitrogens with one attached hydrogen (secondary N) is 1. The molecule has 3 rings (SSSR count). The summed E-state index contributed by atoms with van der Waals surface area (Å²) in [5.41, 5.74) is 1.29. The molecule has 1 aromatic heterocycles.